The summed E-state index contributed by atoms with van der Waals surface area (Å²) in [6.07, 6.45) is 1.43. The molecule has 0 saturated heterocycles. The van der Waals surface area contributed by atoms with Crippen LogP contribution in [0.3, 0.4) is 0 Å². The summed E-state index contributed by atoms with van der Waals surface area (Å²) in [5.74, 6) is -0.323. The maximum absolute atomic E-state index is 11.7. The normalized spacial score (nSPS) is 10.1. The summed E-state index contributed by atoms with van der Waals surface area (Å²) >= 11 is 1.31. The molecule has 82 valence electrons. The molecule has 0 saturated carbocycles. The van der Waals surface area contributed by atoms with Gasteiger partial charge in [0.15, 0.2) is 0 Å². The van der Waals surface area contributed by atoms with Crippen molar-refractivity contribution in [1.82, 2.24) is 15.2 Å². The first-order valence-corrected chi connectivity index (χ1v) is 5.30. The Balaban J connectivity index is 2.11. The standard InChI is InChI=1S/C9H9N5OS/c1-5-13-14-9(16-5)12-8(15)7-3-2-6(10)4-11-7/h2-4H,10H2,1H3,(H,12,14,15). The van der Waals surface area contributed by atoms with Crippen molar-refractivity contribution in [1.29, 1.82) is 0 Å². The van der Waals surface area contributed by atoms with E-state index in [0.717, 1.165) is 5.01 Å². The van der Waals surface area contributed by atoms with Crippen LogP contribution in [-0.4, -0.2) is 21.1 Å². The fourth-order valence-corrected chi connectivity index (χ4v) is 1.63. The van der Waals surface area contributed by atoms with E-state index in [-0.39, 0.29) is 5.91 Å². The van der Waals surface area contributed by atoms with Crippen LogP contribution in [0, 0.1) is 6.92 Å². The molecule has 1 amide bonds. The number of nitrogens with zero attached hydrogens (tertiary/aromatic N) is 3. The molecule has 2 aromatic heterocycles. The van der Waals surface area contributed by atoms with Crippen LogP contribution in [0.1, 0.15) is 15.5 Å². The Morgan fingerprint density at radius 2 is 2.25 bits per heavy atom. The molecule has 0 spiro atoms. The number of amides is 1. The molecule has 0 radical (unpaired) electrons. The van der Waals surface area contributed by atoms with Crippen molar-refractivity contribution in [3.8, 4) is 0 Å². The lowest BCUT2D eigenvalue weighted by Crippen LogP contribution is -2.13. The molecule has 0 aromatic carbocycles. The van der Waals surface area contributed by atoms with Crippen LogP contribution in [0.4, 0.5) is 10.8 Å². The Bertz CT molecular complexity index is 507. The number of nitrogens with one attached hydrogen (secondary N) is 1. The highest BCUT2D eigenvalue weighted by atomic mass is 32.1. The summed E-state index contributed by atoms with van der Waals surface area (Å²) in [7, 11) is 0. The molecular weight excluding hydrogens is 226 g/mol. The Labute approximate surface area is 95.5 Å². The minimum Gasteiger partial charge on any atom is -0.397 e. The smallest absolute Gasteiger partial charge is 0.276 e. The fraction of sp³-hybridized carbons (Fsp3) is 0.111. The van der Waals surface area contributed by atoms with Gasteiger partial charge in [-0.05, 0) is 19.1 Å². The third-order valence-electron chi connectivity index (χ3n) is 1.77. The molecule has 2 rings (SSSR count). The van der Waals surface area contributed by atoms with Crippen LogP contribution >= 0.6 is 11.3 Å². The molecular formula is C9H9N5OS. The molecule has 3 N–H and O–H groups in total. The first kappa shape index (κ1) is 10.5. The van der Waals surface area contributed by atoms with Gasteiger partial charge in [0.05, 0.1) is 11.9 Å². The topological polar surface area (TPSA) is 93.8 Å². The van der Waals surface area contributed by atoms with Crippen molar-refractivity contribution >= 4 is 28.1 Å². The van der Waals surface area contributed by atoms with E-state index in [1.807, 2.05) is 6.92 Å². The van der Waals surface area contributed by atoms with Gasteiger partial charge in [-0.25, -0.2) is 4.98 Å². The van der Waals surface area contributed by atoms with Crippen LogP contribution < -0.4 is 11.1 Å². The SMILES string of the molecule is Cc1nnc(NC(=O)c2ccc(N)cn2)s1. The lowest BCUT2D eigenvalue weighted by Gasteiger charge is -1.99. The Hall–Kier alpha value is -2.02. The lowest BCUT2D eigenvalue weighted by molar-refractivity contribution is 0.102. The maximum atomic E-state index is 11.7. The summed E-state index contributed by atoms with van der Waals surface area (Å²) in [6.45, 7) is 1.81. The molecule has 0 bridgehead atoms. The molecule has 0 unspecified atom stereocenters. The van der Waals surface area contributed by atoms with Gasteiger partial charge >= 0.3 is 0 Å². The highest BCUT2D eigenvalue weighted by molar-refractivity contribution is 7.15. The van der Waals surface area contributed by atoms with E-state index in [9.17, 15) is 4.79 Å². The number of pyridine rings is 1. The van der Waals surface area contributed by atoms with Crippen LogP contribution in [0.25, 0.3) is 0 Å². The van der Waals surface area contributed by atoms with E-state index in [4.69, 9.17) is 5.73 Å². The number of anilines is 2. The van der Waals surface area contributed by atoms with Crippen molar-refractivity contribution in [2.24, 2.45) is 0 Å². The molecule has 2 aromatic rings. The molecule has 0 aliphatic heterocycles. The van der Waals surface area contributed by atoms with Gasteiger partial charge in [0.25, 0.3) is 5.91 Å². The third kappa shape index (κ3) is 2.31. The molecule has 6 nitrogen and oxygen atoms in total. The maximum Gasteiger partial charge on any atom is 0.276 e. The van der Waals surface area contributed by atoms with Crippen molar-refractivity contribution < 1.29 is 4.79 Å². The van der Waals surface area contributed by atoms with E-state index in [1.54, 1.807) is 12.1 Å². The van der Waals surface area contributed by atoms with Gasteiger partial charge in [-0.2, -0.15) is 0 Å². The fourth-order valence-electron chi connectivity index (χ4n) is 1.05. The number of rotatable bonds is 2. The van der Waals surface area contributed by atoms with Crippen LogP contribution in [-0.2, 0) is 0 Å². The largest absolute Gasteiger partial charge is 0.397 e. The average Bonchev–Trinajstić information content (AvgIpc) is 2.65. The predicted octanol–water partition coefficient (Wildman–Crippen LogP) is 1.08. The van der Waals surface area contributed by atoms with Gasteiger partial charge in [0, 0.05) is 0 Å². The summed E-state index contributed by atoms with van der Waals surface area (Å²) in [6, 6.07) is 3.17. The van der Waals surface area contributed by atoms with E-state index >= 15 is 0 Å². The van der Waals surface area contributed by atoms with Crippen molar-refractivity contribution in [2.45, 2.75) is 6.92 Å². The molecule has 0 atom stereocenters. The molecule has 0 aliphatic carbocycles. The number of carbonyl (C=O) groups excluding carboxylic acids is 1. The van der Waals surface area contributed by atoms with E-state index in [2.05, 4.69) is 20.5 Å². The van der Waals surface area contributed by atoms with E-state index < -0.39 is 0 Å². The zero-order chi connectivity index (χ0) is 11.5. The zero-order valence-corrected chi connectivity index (χ0v) is 9.28. The highest BCUT2D eigenvalue weighted by Gasteiger charge is 2.09. The van der Waals surface area contributed by atoms with Gasteiger partial charge in [-0.15, -0.1) is 10.2 Å². The first-order chi connectivity index (χ1) is 7.65. The zero-order valence-electron chi connectivity index (χ0n) is 8.47. The second-order valence-corrected chi connectivity index (χ2v) is 4.24. The third-order valence-corrected chi connectivity index (χ3v) is 2.52. The summed E-state index contributed by atoms with van der Waals surface area (Å²) < 4.78 is 0. The average molecular weight is 235 g/mol. The number of aromatic nitrogens is 3. The monoisotopic (exact) mass is 235 g/mol. The van der Waals surface area contributed by atoms with Gasteiger partial charge in [-0.1, -0.05) is 11.3 Å². The van der Waals surface area contributed by atoms with Crippen molar-refractivity contribution in [3.63, 3.8) is 0 Å². The quantitative estimate of drug-likeness (QED) is 0.812. The van der Waals surface area contributed by atoms with Crippen molar-refractivity contribution in [2.75, 3.05) is 11.1 Å². The Morgan fingerprint density at radius 3 is 2.81 bits per heavy atom. The highest BCUT2D eigenvalue weighted by Crippen LogP contribution is 2.14. The Morgan fingerprint density at radius 1 is 1.44 bits per heavy atom. The van der Waals surface area contributed by atoms with Gasteiger partial charge in [-0.3, -0.25) is 10.1 Å². The predicted molar refractivity (Wildman–Crippen MR) is 61.2 cm³/mol. The molecule has 7 heteroatoms. The number of hydrogen-bond acceptors (Lipinski definition) is 6. The van der Waals surface area contributed by atoms with Gasteiger partial charge in [0.1, 0.15) is 10.7 Å². The number of aryl methyl sites for hydroxylation is 1. The second kappa shape index (κ2) is 4.23. The number of nitrogen functional groups attached to an aromatic ring is 1. The van der Waals surface area contributed by atoms with Crippen LogP contribution in [0.5, 0.6) is 0 Å². The summed E-state index contributed by atoms with van der Waals surface area (Å²) in [4.78, 5) is 15.6. The number of nitrogens with two attached hydrogens (primary N) is 1. The van der Waals surface area contributed by atoms with E-state index in [1.165, 1.54) is 17.5 Å². The van der Waals surface area contributed by atoms with Crippen LogP contribution in [0.15, 0.2) is 18.3 Å². The van der Waals surface area contributed by atoms with Gasteiger partial charge in [0.2, 0.25) is 5.13 Å². The van der Waals surface area contributed by atoms with Crippen molar-refractivity contribution in [3.05, 3.63) is 29.0 Å². The molecule has 0 aliphatic rings. The first-order valence-electron chi connectivity index (χ1n) is 4.48. The lowest BCUT2D eigenvalue weighted by atomic mass is 10.3. The number of hydrogen-bond donors (Lipinski definition) is 2. The summed E-state index contributed by atoms with van der Waals surface area (Å²) in [5.41, 5.74) is 6.28. The second-order valence-electron chi connectivity index (χ2n) is 3.06. The van der Waals surface area contributed by atoms with E-state index in [0.29, 0.717) is 16.5 Å². The number of carbonyl (C=O) groups is 1. The molecule has 0 fully saturated rings. The minimum absolute atomic E-state index is 0.294. The minimum atomic E-state index is -0.323. The Kier molecular flexibility index (Phi) is 2.78. The van der Waals surface area contributed by atoms with Gasteiger partial charge < -0.3 is 5.73 Å². The molecule has 16 heavy (non-hydrogen) atoms. The molecule has 2 heterocycles. The van der Waals surface area contributed by atoms with Crippen LogP contribution in [0.2, 0.25) is 0 Å². The summed E-state index contributed by atoms with van der Waals surface area (Å²) in [5, 5.41) is 11.4.